The lowest BCUT2D eigenvalue weighted by molar-refractivity contribution is 0.305. The van der Waals surface area contributed by atoms with Crippen LogP contribution in [0.5, 0.6) is 5.75 Å². The highest BCUT2D eigenvalue weighted by Crippen LogP contribution is 2.33. The Kier molecular flexibility index (Phi) is 6.38. The molecule has 1 heterocycles. The Labute approximate surface area is 159 Å². The summed E-state index contributed by atoms with van der Waals surface area (Å²) in [5.74, 6) is 0.875. The van der Waals surface area contributed by atoms with Crippen LogP contribution in [0.15, 0.2) is 57.6 Å². The van der Waals surface area contributed by atoms with Gasteiger partial charge in [0.25, 0.3) is 0 Å². The number of fused-ring (bicyclic) bond motifs is 1. The smallest absolute Gasteiger partial charge is 0.138 e. The maximum atomic E-state index is 5.85. The molecule has 0 N–H and O–H groups in total. The Balaban J connectivity index is 1.66. The molecule has 1 aromatic heterocycles. The molecule has 3 aromatic rings. The van der Waals surface area contributed by atoms with Crippen molar-refractivity contribution in [3.05, 3.63) is 53.2 Å². The first kappa shape index (κ1) is 17.6. The third kappa shape index (κ3) is 4.42. The number of ether oxygens (including phenoxy) is 1. The third-order valence-electron chi connectivity index (χ3n) is 4.00. The van der Waals surface area contributed by atoms with Crippen molar-refractivity contribution in [3.63, 3.8) is 0 Å². The molecule has 0 unspecified atom stereocenters. The number of rotatable bonds is 8. The summed E-state index contributed by atoms with van der Waals surface area (Å²) in [5.41, 5.74) is 3.13. The summed E-state index contributed by atoms with van der Waals surface area (Å²) in [7, 11) is 0. The summed E-state index contributed by atoms with van der Waals surface area (Å²) < 4.78 is 12.7. The molecule has 0 fully saturated rings. The highest BCUT2D eigenvalue weighted by molar-refractivity contribution is 9.10. The van der Waals surface area contributed by atoms with Gasteiger partial charge < -0.3 is 9.15 Å². The van der Waals surface area contributed by atoms with E-state index >= 15 is 0 Å². The van der Waals surface area contributed by atoms with Gasteiger partial charge >= 0.3 is 0 Å². The van der Waals surface area contributed by atoms with E-state index in [0.29, 0.717) is 0 Å². The van der Waals surface area contributed by atoms with E-state index in [2.05, 4.69) is 50.1 Å². The first-order chi connectivity index (χ1) is 11.8. The summed E-state index contributed by atoms with van der Waals surface area (Å²) in [6, 6.07) is 14.4. The van der Waals surface area contributed by atoms with Crippen LogP contribution in [0.2, 0.25) is 0 Å². The van der Waals surface area contributed by atoms with Gasteiger partial charge in [0.15, 0.2) is 0 Å². The molecule has 0 aliphatic rings. The van der Waals surface area contributed by atoms with Crippen LogP contribution >= 0.6 is 31.9 Å². The molecule has 0 aliphatic heterocycles. The van der Waals surface area contributed by atoms with E-state index in [1.807, 2.05) is 30.5 Å². The number of benzene rings is 2. The van der Waals surface area contributed by atoms with Gasteiger partial charge in [-0.05, 0) is 42.7 Å². The molecule has 0 saturated carbocycles. The normalized spacial score (nSPS) is 11.1. The number of hydrogen-bond acceptors (Lipinski definition) is 2. The molecule has 0 bridgehead atoms. The van der Waals surface area contributed by atoms with Gasteiger partial charge in [-0.3, -0.25) is 0 Å². The van der Waals surface area contributed by atoms with Gasteiger partial charge in [-0.15, -0.1) is 0 Å². The summed E-state index contributed by atoms with van der Waals surface area (Å²) in [5, 5.41) is 2.20. The fourth-order valence-electron chi connectivity index (χ4n) is 2.69. The zero-order chi connectivity index (χ0) is 16.8. The lowest BCUT2D eigenvalue weighted by Gasteiger charge is -2.06. The van der Waals surface area contributed by atoms with Gasteiger partial charge in [0.05, 0.1) is 12.9 Å². The highest BCUT2D eigenvalue weighted by Gasteiger charge is 2.09. The molecule has 0 atom stereocenters. The lowest BCUT2D eigenvalue weighted by Crippen LogP contribution is -1.97. The second-order valence-electron chi connectivity index (χ2n) is 5.77. The number of halogens is 2. The molecule has 3 rings (SSSR count). The van der Waals surface area contributed by atoms with Crippen LogP contribution in [0.3, 0.4) is 0 Å². The van der Waals surface area contributed by atoms with Crippen LogP contribution in [-0.4, -0.2) is 11.9 Å². The molecule has 0 saturated heterocycles. The first-order valence-corrected chi connectivity index (χ1v) is 10.2. The Bertz CT molecular complexity index is 778. The number of furan rings is 1. The van der Waals surface area contributed by atoms with Crippen LogP contribution in [0.25, 0.3) is 22.1 Å². The average Bonchev–Trinajstić information content (AvgIpc) is 3.02. The highest BCUT2D eigenvalue weighted by atomic mass is 79.9. The van der Waals surface area contributed by atoms with Crippen LogP contribution in [0.1, 0.15) is 25.7 Å². The largest absolute Gasteiger partial charge is 0.493 e. The molecular formula is C20H20Br2O2. The van der Waals surface area contributed by atoms with Gasteiger partial charge in [0, 0.05) is 26.8 Å². The molecule has 2 nitrogen and oxygen atoms in total. The Morgan fingerprint density at radius 1 is 0.917 bits per heavy atom. The standard InChI is InChI=1S/C20H20Br2O2/c21-11-3-1-2-4-12-23-17-9-10-18-19(14-24-20(18)13-17)15-5-7-16(22)8-6-15/h5-10,13-14H,1-4,11-12H2. The molecule has 126 valence electrons. The van der Waals surface area contributed by atoms with Crippen molar-refractivity contribution < 1.29 is 9.15 Å². The molecule has 0 aliphatic carbocycles. The monoisotopic (exact) mass is 450 g/mol. The molecule has 0 spiro atoms. The average molecular weight is 452 g/mol. The maximum absolute atomic E-state index is 5.85. The van der Waals surface area contributed by atoms with Crippen LogP contribution in [0, 0.1) is 0 Å². The van der Waals surface area contributed by atoms with Gasteiger partial charge in [0.2, 0.25) is 0 Å². The first-order valence-electron chi connectivity index (χ1n) is 8.24. The van der Waals surface area contributed by atoms with E-state index in [4.69, 9.17) is 9.15 Å². The Hall–Kier alpha value is -1.26. The van der Waals surface area contributed by atoms with Gasteiger partial charge in [0.1, 0.15) is 11.3 Å². The SMILES string of the molecule is BrCCCCCCOc1ccc2c(-c3ccc(Br)cc3)coc2c1. The number of unbranched alkanes of at least 4 members (excludes halogenated alkanes) is 3. The fourth-order valence-corrected chi connectivity index (χ4v) is 3.35. The quantitative estimate of drug-likeness (QED) is 0.267. The van der Waals surface area contributed by atoms with Crippen molar-refractivity contribution in [2.24, 2.45) is 0 Å². The Morgan fingerprint density at radius 2 is 1.71 bits per heavy atom. The van der Waals surface area contributed by atoms with Gasteiger partial charge in [-0.2, -0.15) is 0 Å². The van der Waals surface area contributed by atoms with Gasteiger partial charge in [-0.25, -0.2) is 0 Å². The maximum Gasteiger partial charge on any atom is 0.138 e. The fraction of sp³-hybridized carbons (Fsp3) is 0.300. The lowest BCUT2D eigenvalue weighted by atomic mass is 10.1. The molecule has 0 amide bonds. The second kappa shape index (κ2) is 8.72. The summed E-state index contributed by atoms with van der Waals surface area (Å²) in [4.78, 5) is 0. The van der Waals surface area contributed by atoms with Crippen LogP contribution in [0.4, 0.5) is 0 Å². The van der Waals surface area contributed by atoms with Crippen molar-refractivity contribution in [1.82, 2.24) is 0 Å². The molecule has 24 heavy (non-hydrogen) atoms. The van der Waals surface area contributed by atoms with Crippen molar-refractivity contribution >= 4 is 42.8 Å². The van der Waals surface area contributed by atoms with Crippen LogP contribution in [-0.2, 0) is 0 Å². The van der Waals surface area contributed by atoms with E-state index in [1.54, 1.807) is 0 Å². The second-order valence-corrected chi connectivity index (χ2v) is 7.47. The summed E-state index contributed by atoms with van der Waals surface area (Å²) in [6.45, 7) is 0.758. The van der Waals surface area contributed by atoms with E-state index in [-0.39, 0.29) is 0 Å². The zero-order valence-corrected chi connectivity index (χ0v) is 16.6. The predicted molar refractivity (Wildman–Crippen MR) is 107 cm³/mol. The van der Waals surface area contributed by atoms with E-state index < -0.39 is 0 Å². The molecule has 4 heteroatoms. The minimum atomic E-state index is 0.758. The molecular weight excluding hydrogens is 432 g/mol. The van der Waals surface area contributed by atoms with Crippen molar-refractivity contribution in [3.8, 4) is 16.9 Å². The minimum absolute atomic E-state index is 0.758. The zero-order valence-electron chi connectivity index (χ0n) is 13.4. The summed E-state index contributed by atoms with van der Waals surface area (Å²) in [6.07, 6.45) is 6.60. The number of alkyl halides is 1. The third-order valence-corrected chi connectivity index (χ3v) is 5.09. The Morgan fingerprint density at radius 3 is 2.50 bits per heavy atom. The van der Waals surface area contributed by atoms with Gasteiger partial charge in [-0.1, -0.05) is 56.8 Å². The predicted octanol–water partition coefficient (Wildman–Crippen LogP) is 7.20. The van der Waals surface area contributed by atoms with E-state index in [0.717, 1.165) is 50.7 Å². The van der Waals surface area contributed by atoms with Crippen molar-refractivity contribution in [1.29, 1.82) is 0 Å². The topological polar surface area (TPSA) is 22.4 Å². The summed E-state index contributed by atoms with van der Waals surface area (Å²) >= 11 is 6.93. The molecule has 2 aromatic carbocycles. The van der Waals surface area contributed by atoms with Crippen molar-refractivity contribution in [2.45, 2.75) is 25.7 Å². The van der Waals surface area contributed by atoms with Crippen molar-refractivity contribution in [2.75, 3.05) is 11.9 Å². The van der Waals surface area contributed by atoms with E-state index in [1.165, 1.54) is 19.3 Å². The molecule has 0 radical (unpaired) electrons. The number of hydrogen-bond donors (Lipinski definition) is 0. The van der Waals surface area contributed by atoms with Crippen LogP contribution < -0.4 is 4.74 Å². The van der Waals surface area contributed by atoms with E-state index in [9.17, 15) is 0 Å². The minimum Gasteiger partial charge on any atom is -0.493 e.